The van der Waals surface area contributed by atoms with E-state index in [-0.39, 0.29) is 0 Å². The molecule has 0 radical (unpaired) electrons. The zero-order chi connectivity index (χ0) is 20.7. The van der Waals surface area contributed by atoms with Crippen molar-refractivity contribution in [2.75, 3.05) is 30.8 Å². The Morgan fingerprint density at radius 3 is 2.50 bits per heavy atom. The third-order valence-corrected chi connectivity index (χ3v) is 5.60. The predicted molar refractivity (Wildman–Crippen MR) is 120 cm³/mol. The Bertz CT molecular complexity index is 1210. The first-order chi connectivity index (χ1) is 14.6. The lowest BCUT2D eigenvalue weighted by atomic mass is 10.1. The third-order valence-electron chi connectivity index (χ3n) is 5.36. The zero-order valence-electron chi connectivity index (χ0n) is 16.5. The van der Waals surface area contributed by atoms with Gasteiger partial charge < -0.3 is 15.4 Å². The van der Waals surface area contributed by atoms with Gasteiger partial charge in [0.05, 0.1) is 23.9 Å². The summed E-state index contributed by atoms with van der Waals surface area (Å²) < 4.78 is 6.95. The highest BCUT2D eigenvalue weighted by Gasteiger charge is 2.23. The standard InChI is InChI=1S/C22H21ClN6O/c1-30-17-9-7-16(8-10-17)29-20(24)18-19(14-5-4-6-15(23)13-14)25-22(26-21(18)27-29)28-11-2-3-12-28/h4-10,13H,2-3,11-12,24H2,1H3. The quantitative estimate of drug-likeness (QED) is 0.529. The number of anilines is 2. The molecule has 1 aliphatic heterocycles. The summed E-state index contributed by atoms with van der Waals surface area (Å²) in [4.78, 5) is 11.8. The molecule has 0 amide bonds. The van der Waals surface area contributed by atoms with Gasteiger partial charge in [0.1, 0.15) is 11.6 Å². The van der Waals surface area contributed by atoms with Crippen molar-refractivity contribution in [3.05, 3.63) is 53.6 Å². The number of hydrogen-bond acceptors (Lipinski definition) is 6. The minimum atomic E-state index is 0.484. The van der Waals surface area contributed by atoms with Crippen LogP contribution < -0.4 is 15.4 Å². The Morgan fingerprint density at radius 2 is 1.80 bits per heavy atom. The van der Waals surface area contributed by atoms with Crippen molar-refractivity contribution in [3.8, 4) is 22.7 Å². The van der Waals surface area contributed by atoms with E-state index in [2.05, 4.69) is 4.90 Å². The van der Waals surface area contributed by atoms with Gasteiger partial charge in [-0.3, -0.25) is 0 Å². The van der Waals surface area contributed by atoms with Gasteiger partial charge in [0, 0.05) is 23.7 Å². The number of nitrogen functional groups attached to an aromatic ring is 1. The van der Waals surface area contributed by atoms with Crippen molar-refractivity contribution in [2.24, 2.45) is 0 Å². The first kappa shape index (κ1) is 18.7. The number of nitrogens with zero attached hydrogens (tertiary/aromatic N) is 5. The van der Waals surface area contributed by atoms with Gasteiger partial charge in [-0.15, -0.1) is 5.10 Å². The van der Waals surface area contributed by atoms with Crippen molar-refractivity contribution >= 4 is 34.4 Å². The van der Waals surface area contributed by atoms with E-state index in [0.717, 1.165) is 54.0 Å². The van der Waals surface area contributed by atoms with Crippen LogP contribution in [0.1, 0.15) is 12.8 Å². The summed E-state index contributed by atoms with van der Waals surface area (Å²) in [6, 6.07) is 15.2. The summed E-state index contributed by atoms with van der Waals surface area (Å²) >= 11 is 6.26. The minimum absolute atomic E-state index is 0.484. The predicted octanol–water partition coefficient (Wildman–Crippen LogP) is 4.33. The normalized spacial score (nSPS) is 13.9. The molecule has 8 heteroatoms. The van der Waals surface area contributed by atoms with Gasteiger partial charge in [0.15, 0.2) is 5.65 Å². The Balaban J connectivity index is 1.73. The summed E-state index contributed by atoms with van der Waals surface area (Å²) in [5.74, 6) is 1.93. The maximum absolute atomic E-state index is 6.56. The Labute approximate surface area is 179 Å². The fourth-order valence-corrected chi connectivity index (χ4v) is 4.01. The highest BCUT2D eigenvalue weighted by Crippen LogP contribution is 2.35. The van der Waals surface area contributed by atoms with Gasteiger partial charge in [-0.1, -0.05) is 23.7 Å². The fraction of sp³-hybridized carbons (Fsp3) is 0.227. The average Bonchev–Trinajstić information content (AvgIpc) is 3.42. The summed E-state index contributed by atoms with van der Waals surface area (Å²) in [6.07, 6.45) is 2.27. The molecule has 1 aliphatic rings. The number of aromatic nitrogens is 4. The van der Waals surface area contributed by atoms with Gasteiger partial charge in [-0.2, -0.15) is 4.98 Å². The zero-order valence-corrected chi connectivity index (χ0v) is 17.3. The van der Waals surface area contributed by atoms with Crippen LogP contribution in [0.15, 0.2) is 48.5 Å². The molecule has 0 aliphatic carbocycles. The average molecular weight is 421 g/mol. The number of rotatable bonds is 4. The summed E-state index contributed by atoms with van der Waals surface area (Å²) in [7, 11) is 1.64. The van der Waals surface area contributed by atoms with E-state index in [1.807, 2.05) is 48.5 Å². The van der Waals surface area contributed by atoms with Crippen LogP contribution in [0.2, 0.25) is 5.02 Å². The van der Waals surface area contributed by atoms with Gasteiger partial charge in [0.2, 0.25) is 5.95 Å². The molecule has 1 fully saturated rings. The molecule has 0 atom stereocenters. The number of hydrogen-bond donors (Lipinski definition) is 1. The Morgan fingerprint density at radius 1 is 1.03 bits per heavy atom. The second kappa shape index (κ2) is 7.50. The molecule has 3 heterocycles. The fourth-order valence-electron chi connectivity index (χ4n) is 3.82. The molecule has 0 unspecified atom stereocenters. The van der Waals surface area contributed by atoms with Gasteiger partial charge >= 0.3 is 0 Å². The van der Waals surface area contributed by atoms with Crippen LogP contribution in [0.4, 0.5) is 11.8 Å². The number of nitrogens with two attached hydrogens (primary N) is 1. The van der Waals surface area contributed by atoms with Crippen LogP contribution >= 0.6 is 11.6 Å². The molecule has 0 spiro atoms. The summed E-state index contributed by atoms with van der Waals surface area (Å²) in [5, 5.41) is 6.08. The lowest BCUT2D eigenvalue weighted by Crippen LogP contribution is -2.20. The second-order valence-electron chi connectivity index (χ2n) is 7.27. The molecular weight excluding hydrogens is 400 g/mol. The van der Waals surface area contributed by atoms with Crippen LogP contribution in [0, 0.1) is 0 Å². The van der Waals surface area contributed by atoms with Crippen LogP contribution in [-0.2, 0) is 0 Å². The largest absolute Gasteiger partial charge is 0.497 e. The minimum Gasteiger partial charge on any atom is -0.497 e. The SMILES string of the molecule is COc1ccc(-n2nc3nc(N4CCCC4)nc(-c4cccc(Cl)c4)c3c2N)cc1. The molecule has 4 aromatic rings. The van der Waals surface area contributed by atoms with Crippen molar-refractivity contribution in [3.63, 3.8) is 0 Å². The van der Waals surface area contributed by atoms with Crippen LogP contribution in [0.5, 0.6) is 5.75 Å². The maximum Gasteiger partial charge on any atom is 0.228 e. The second-order valence-corrected chi connectivity index (χ2v) is 7.71. The molecule has 2 aromatic carbocycles. The van der Waals surface area contributed by atoms with Crippen molar-refractivity contribution in [2.45, 2.75) is 12.8 Å². The molecule has 2 aromatic heterocycles. The lowest BCUT2D eigenvalue weighted by Gasteiger charge is -2.16. The third kappa shape index (κ3) is 3.21. The molecule has 0 saturated carbocycles. The van der Waals surface area contributed by atoms with E-state index in [9.17, 15) is 0 Å². The highest BCUT2D eigenvalue weighted by atomic mass is 35.5. The molecule has 152 valence electrons. The molecule has 0 bridgehead atoms. The Hall–Kier alpha value is -3.32. The monoisotopic (exact) mass is 420 g/mol. The first-order valence-electron chi connectivity index (χ1n) is 9.85. The van der Waals surface area contributed by atoms with Crippen molar-refractivity contribution in [1.29, 1.82) is 0 Å². The van der Waals surface area contributed by atoms with E-state index < -0.39 is 0 Å². The number of methoxy groups -OCH3 is 1. The highest BCUT2D eigenvalue weighted by molar-refractivity contribution is 6.30. The lowest BCUT2D eigenvalue weighted by molar-refractivity contribution is 0.414. The molecule has 1 saturated heterocycles. The van der Waals surface area contributed by atoms with E-state index >= 15 is 0 Å². The van der Waals surface area contributed by atoms with Gasteiger partial charge in [0.25, 0.3) is 0 Å². The molecule has 5 rings (SSSR count). The first-order valence-corrected chi connectivity index (χ1v) is 10.2. The van der Waals surface area contributed by atoms with Crippen molar-refractivity contribution < 1.29 is 4.74 Å². The molecule has 2 N–H and O–H groups in total. The number of fused-ring (bicyclic) bond motifs is 1. The van der Waals surface area contributed by atoms with Crippen LogP contribution in [0.25, 0.3) is 28.0 Å². The topological polar surface area (TPSA) is 82.1 Å². The number of benzene rings is 2. The van der Waals surface area contributed by atoms with Crippen LogP contribution in [0.3, 0.4) is 0 Å². The van der Waals surface area contributed by atoms with Crippen molar-refractivity contribution in [1.82, 2.24) is 19.7 Å². The maximum atomic E-state index is 6.56. The number of ether oxygens (including phenoxy) is 1. The molecular formula is C22H21ClN6O. The van der Waals surface area contributed by atoms with E-state index in [1.165, 1.54) is 0 Å². The Kier molecular flexibility index (Phi) is 4.67. The van der Waals surface area contributed by atoms with Crippen LogP contribution in [-0.4, -0.2) is 39.9 Å². The van der Waals surface area contributed by atoms with E-state index in [0.29, 0.717) is 22.4 Å². The molecule has 30 heavy (non-hydrogen) atoms. The summed E-state index contributed by atoms with van der Waals surface area (Å²) in [6.45, 7) is 1.88. The smallest absolute Gasteiger partial charge is 0.228 e. The number of halogens is 1. The summed E-state index contributed by atoms with van der Waals surface area (Å²) in [5.41, 5.74) is 9.58. The van der Waals surface area contributed by atoms with Gasteiger partial charge in [-0.25, -0.2) is 9.67 Å². The van der Waals surface area contributed by atoms with E-state index in [1.54, 1.807) is 11.8 Å². The van der Waals surface area contributed by atoms with Gasteiger partial charge in [-0.05, 0) is 49.2 Å². The van der Waals surface area contributed by atoms with E-state index in [4.69, 9.17) is 37.1 Å². The molecule has 7 nitrogen and oxygen atoms in total.